The van der Waals surface area contributed by atoms with Gasteiger partial charge < -0.3 is 15.5 Å². The minimum absolute atomic E-state index is 0.239. The zero-order chi connectivity index (χ0) is 17.1. The van der Waals surface area contributed by atoms with Gasteiger partial charge in [0.2, 0.25) is 0 Å². The van der Waals surface area contributed by atoms with Crippen molar-refractivity contribution in [3.05, 3.63) is 47.8 Å². The lowest BCUT2D eigenvalue weighted by molar-refractivity contribution is 0.190. The van der Waals surface area contributed by atoms with Crippen LogP contribution in [0.3, 0.4) is 0 Å². The third kappa shape index (κ3) is 3.18. The van der Waals surface area contributed by atoms with E-state index in [0.29, 0.717) is 13.1 Å². The lowest BCUT2D eigenvalue weighted by Gasteiger charge is -2.39. The lowest BCUT2D eigenvalue weighted by atomic mass is 10.0. The zero-order valence-electron chi connectivity index (χ0n) is 14.1. The van der Waals surface area contributed by atoms with Crippen LogP contribution in [0.4, 0.5) is 16.4 Å². The molecule has 6 nitrogen and oxygen atoms in total. The first kappa shape index (κ1) is 16.2. The molecule has 3 rings (SSSR count). The largest absolute Gasteiger partial charge is 0.351 e. The molecule has 1 aliphatic heterocycles. The van der Waals surface area contributed by atoms with Crippen LogP contribution in [-0.2, 0) is 0 Å². The maximum Gasteiger partial charge on any atom is 0.314 e. The fourth-order valence-corrected chi connectivity index (χ4v) is 3.25. The summed E-state index contributed by atoms with van der Waals surface area (Å²) in [5, 5.41) is 0. The van der Waals surface area contributed by atoms with E-state index in [9.17, 15) is 4.79 Å². The van der Waals surface area contributed by atoms with Crippen molar-refractivity contribution < 1.29 is 4.79 Å². The normalized spacial score (nSPS) is 15.3. The molecule has 6 heteroatoms. The Labute approximate surface area is 142 Å². The standard InChI is InChI=1S/C18H23N5O/c1-13-5-3-9-20-16(13)23(17-14(2)6-4-10-21-17)15-7-11-22(12-8-15)18(19)24/h3-6,9-10,15H,7-8,11-12H2,1-2H3,(H2,19,24). The average molecular weight is 325 g/mol. The summed E-state index contributed by atoms with van der Waals surface area (Å²) in [5.74, 6) is 1.86. The molecule has 2 aromatic heterocycles. The number of piperidine rings is 1. The van der Waals surface area contributed by atoms with Gasteiger partial charge >= 0.3 is 6.03 Å². The van der Waals surface area contributed by atoms with Crippen LogP contribution >= 0.6 is 0 Å². The van der Waals surface area contributed by atoms with Crippen LogP contribution in [0.1, 0.15) is 24.0 Å². The molecule has 1 fully saturated rings. The Morgan fingerprint density at radius 1 is 1.08 bits per heavy atom. The smallest absolute Gasteiger partial charge is 0.314 e. The average Bonchev–Trinajstić information content (AvgIpc) is 2.59. The summed E-state index contributed by atoms with van der Waals surface area (Å²) >= 11 is 0. The van der Waals surface area contributed by atoms with E-state index < -0.39 is 0 Å². The number of carbonyl (C=O) groups excluding carboxylic acids is 1. The van der Waals surface area contributed by atoms with Gasteiger partial charge in [0, 0.05) is 31.5 Å². The predicted octanol–water partition coefficient (Wildman–Crippen LogP) is 2.77. The summed E-state index contributed by atoms with van der Waals surface area (Å²) in [5.41, 5.74) is 7.63. The molecular formula is C18H23N5O. The highest BCUT2D eigenvalue weighted by atomic mass is 16.2. The molecule has 1 saturated heterocycles. The molecule has 0 saturated carbocycles. The number of nitrogens with zero attached hydrogens (tertiary/aromatic N) is 4. The van der Waals surface area contributed by atoms with E-state index >= 15 is 0 Å². The Morgan fingerprint density at radius 2 is 1.58 bits per heavy atom. The van der Waals surface area contributed by atoms with Crippen molar-refractivity contribution in [3.63, 3.8) is 0 Å². The molecule has 2 N–H and O–H groups in total. The van der Waals surface area contributed by atoms with E-state index in [1.165, 1.54) is 0 Å². The van der Waals surface area contributed by atoms with Crippen molar-refractivity contribution >= 4 is 17.7 Å². The SMILES string of the molecule is Cc1cccnc1N(c1ncccc1C)C1CCN(C(N)=O)CC1. The number of hydrogen-bond donors (Lipinski definition) is 1. The molecule has 0 atom stereocenters. The Balaban J connectivity index is 1.97. The van der Waals surface area contributed by atoms with Gasteiger partial charge in [-0.25, -0.2) is 14.8 Å². The maximum absolute atomic E-state index is 11.4. The van der Waals surface area contributed by atoms with Crippen LogP contribution in [0, 0.1) is 13.8 Å². The highest BCUT2D eigenvalue weighted by Gasteiger charge is 2.30. The molecule has 126 valence electrons. The number of aromatic nitrogens is 2. The number of carbonyl (C=O) groups is 1. The fourth-order valence-electron chi connectivity index (χ4n) is 3.25. The Kier molecular flexibility index (Phi) is 4.64. The van der Waals surface area contributed by atoms with Crippen molar-refractivity contribution in [1.29, 1.82) is 0 Å². The molecule has 24 heavy (non-hydrogen) atoms. The van der Waals surface area contributed by atoms with Gasteiger partial charge in [-0.15, -0.1) is 0 Å². The van der Waals surface area contributed by atoms with Crippen LogP contribution < -0.4 is 10.6 Å². The minimum Gasteiger partial charge on any atom is -0.351 e. The van der Waals surface area contributed by atoms with Gasteiger partial charge in [-0.05, 0) is 49.9 Å². The number of nitrogens with two attached hydrogens (primary N) is 1. The fraction of sp³-hybridized carbons (Fsp3) is 0.389. The molecule has 1 aliphatic rings. The summed E-state index contributed by atoms with van der Waals surface area (Å²) in [4.78, 5) is 24.5. The van der Waals surface area contributed by atoms with Crippen LogP contribution in [-0.4, -0.2) is 40.0 Å². The predicted molar refractivity (Wildman–Crippen MR) is 94.3 cm³/mol. The third-order valence-corrected chi connectivity index (χ3v) is 4.56. The zero-order valence-corrected chi connectivity index (χ0v) is 14.1. The van der Waals surface area contributed by atoms with Crippen LogP contribution in [0.25, 0.3) is 0 Å². The number of primary amides is 1. The van der Waals surface area contributed by atoms with Crippen molar-refractivity contribution in [1.82, 2.24) is 14.9 Å². The Hall–Kier alpha value is -2.63. The highest BCUT2D eigenvalue weighted by Crippen LogP contribution is 2.33. The van der Waals surface area contributed by atoms with Crippen molar-refractivity contribution in [2.75, 3.05) is 18.0 Å². The molecule has 0 unspecified atom stereocenters. The molecule has 3 heterocycles. The lowest BCUT2D eigenvalue weighted by Crippen LogP contribution is -2.47. The van der Waals surface area contributed by atoms with Gasteiger partial charge in [-0.2, -0.15) is 0 Å². The third-order valence-electron chi connectivity index (χ3n) is 4.56. The number of urea groups is 1. The van der Waals surface area contributed by atoms with E-state index in [4.69, 9.17) is 5.73 Å². The molecule has 0 aliphatic carbocycles. The number of anilines is 2. The molecule has 2 aromatic rings. The first-order valence-electron chi connectivity index (χ1n) is 8.25. The van der Waals surface area contributed by atoms with Gasteiger partial charge in [-0.3, -0.25) is 0 Å². The number of amides is 2. The van der Waals surface area contributed by atoms with E-state index in [1.54, 1.807) is 4.90 Å². The van der Waals surface area contributed by atoms with Crippen molar-refractivity contribution in [3.8, 4) is 0 Å². The number of rotatable bonds is 3. The first-order chi connectivity index (χ1) is 11.6. The molecule has 0 bridgehead atoms. The van der Waals surface area contributed by atoms with Gasteiger partial charge in [0.05, 0.1) is 0 Å². The van der Waals surface area contributed by atoms with Crippen molar-refractivity contribution in [2.45, 2.75) is 32.7 Å². The number of pyridine rings is 2. The quantitative estimate of drug-likeness (QED) is 0.941. The van der Waals surface area contributed by atoms with Crippen LogP contribution in [0.2, 0.25) is 0 Å². The summed E-state index contributed by atoms with van der Waals surface area (Å²) < 4.78 is 0. The molecular weight excluding hydrogens is 302 g/mol. The van der Waals surface area contributed by atoms with Gasteiger partial charge in [0.15, 0.2) is 0 Å². The summed E-state index contributed by atoms with van der Waals surface area (Å²) in [6.45, 7) is 5.45. The number of likely N-dealkylation sites (tertiary alicyclic amines) is 1. The molecule has 0 radical (unpaired) electrons. The summed E-state index contributed by atoms with van der Waals surface area (Å²) in [6.07, 6.45) is 5.31. The monoisotopic (exact) mass is 325 g/mol. The van der Waals surface area contributed by atoms with Crippen molar-refractivity contribution in [2.24, 2.45) is 5.73 Å². The second-order valence-corrected chi connectivity index (χ2v) is 6.21. The Bertz CT molecular complexity index is 679. The van der Waals surface area contributed by atoms with E-state index in [-0.39, 0.29) is 12.1 Å². The Morgan fingerprint density at radius 3 is 2.00 bits per heavy atom. The van der Waals surface area contributed by atoms with Gasteiger partial charge in [0.25, 0.3) is 0 Å². The van der Waals surface area contributed by atoms with Gasteiger partial charge in [0.1, 0.15) is 11.6 Å². The second-order valence-electron chi connectivity index (χ2n) is 6.21. The van der Waals surface area contributed by atoms with E-state index in [0.717, 1.165) is 35.6 Å². The highest BCUT2D eigenvalue weighted by molar-refractivity contribution is 5.72. The molecule has 0 spiro atoms. The van der Waals surface area contributed by atoms with E-state index in [1.807, 2.05) is 24.5 Å². The second kappa shape index (κ2) is 6.86. The van der Waals surface area contributed by atoms with Gasteiger partial charge in [-0.1, -0.05) is 12.1 Å². The summed E-state index contributed by atoms with van der Waals surface area (Å²) in [7, 11) is 0. The first-order valence-corrected chi connectivity index (χ1v) is 8.25. The molecule has 0 aromatic carbocycles. The van der Waals surface area contributed by atoms with Crippen LogP contribution in [0.5, 0.6) is 0 Å². The number of hydrogen-bond acceptors (Lipinski definition) is 4. The van der Waals surface area contributed by atoms with Crippen LogP contribution in [0.15, 0.2) is 36.7 Å². The minimum atomic E-state index is -0.344. The maximum atomic E-state index is 11.4. The molecule has 2 amide bonds. The topological polar surface area (TPSA) is 75.3 Å². The summed E-state index contributed by atoms with van der Waals surface area (Å²) in [6, 6.07) is 7.90. The van der Waals surface area contributed by atoms with E-state index in [2.05, 4.69) is 40.8 Å². The number of aryl methyl sites for hydroxylation is 2.